The van der Waals surface area contributed by atoms with Crippen LogP contribution < -0.4 is 5.32 Å². The van der Waals surface area contributed by atoms with Crippen molar-refractivity contribution in [3.8, 4) is 0 Å². The first kappa shape index (κ1) is 9.51. The van der Waals surface area contributed by atoms with Gasteiger partial charge in [-0.05, 0) is 31.6 Å². The molecule has 1 N–H and O–H groups in total. The molecule has 0 aromatic rings. The van der Waals surface area contributed by atoms with E-state index < -0.39 is 0 Å². The fourth-order valence-electron chi connectivity index (χ4n) is 3.66. The zero-order valence-corrected chi connectivity index (χ0v) is 9.10. The van der Waals surface area contributed by atoms with E-state index in [9.17, 15) is 0 Å². The van der Waals surface area contributed by atoms with Gasteiger partial charge in [-0.15, -0.1) is 0 Å². The second-order valence-electron chi connectivity index (χ2n) is 4.94. The summed E-state index contributed by atoms with van der Waals surface area (Å²) in [4.78, 5) is 0. The predicted molar refractivity (Wildman–Crippen MR) is 56.8 cm³/mol. The van der Waals surface area contributed by atoms with Crippen LogP contribution in [0.15, 0.2) is 0 Å². The first-order valence-corrected chi connectivity index (χ1v) is 6.08. The van der Waals surface area contributed by atoms with Crippen LogP contribution in [0, 0.1) is 5.92 Å². The molecule has 1 nitrogen and oxygen atoms in total. The van der Waals surface area contributed by atoms with Gasteiger partial charge in [-0.3, -0.25) is 0 Å². The van der Waals surface area contributed by atoms with E-state index in [4.69, 9.17) is 0 Å². The SMILES string of the molecule is CCC(CC)C12CCCC(CC1)N2. The molecule has 76 valence electrons. The van der Waals surface area contributed by atoms with Crippen LogP contribution >= 0.6 is 0 Å². The van der Waals surface area contributed by atoms with Gasteiger partial charge >= 0.3 is 0 Å². The molecule has 13 heavy (non-hydrogen) atoms. The van der Waals surface area contributed by atoms with Crippen LogP contribution in [-0.2, 0) is 0 Å². The first-order valence-electron chi connectivity index (χ1n) is 6.08. The third-order valence-electron chi connectivity index (χ3n) is 4.37. The maximum Gasteiger partial charge on any atom is 0.0212 e. The van der Waals surface area contributed by atoms with E-state index in [2.05, 4.69) is 19.2 Å². The summed E-state index contributed by atoms with van der Waals surface area (Å²) >= 11 is 0. The summed E-state index contributed by atoms with van der Waals surface area (Å²) in [5, 5.41) is 3.91. The maximum absolute atomic E-state index is 3.91. The van der Waals surface area contributed by atoms with Gasteiger partial charge in [-0.1, -0.05) is 33.1 Å². The third-order valence-corrected chi connectivity index (χ3v) is 4.37. The molecule has 0 saturated carbocycles. The fourth-order valence-corrected chi connectivity index (χ4v) is 3.66. The van der Waals surface area contributed by atoms with Crippen LogP contribution in [-0.4, -0.2) is 11.6 Å². The van der Waals surface area contributed by atoms with Crippen molar-refractivity contribution in [2.75, 3.05) is 0 Å². The number of hydrogen-bond acceptors (Lipinski definition) is 1. The Morgan fingerprint density at radius 2 is 2.00 bits per heavy atom. The topological polar surface area (TPSA) is 12.0 Å². The lowest BCUT2D eigenvalue weighted by Crippen LogP contribution is -2.51. The largest absolute Gasteiger partial charge is 0.308 e. The highest BCUT2D eigenvalue weighted by Crippen LogP contribution is 2.42. The van der Waals surface area contributed by atoms with E-state index in [0.29, 0.717) is 5.54 Å². The quantitative estimate of drug-likeness (QED) is 0.705. The molecule has 2 aliphatic rings. The molecule has 2 bridgehead atoms. The summed E-state index contributed by atoms with van der Waals surface area (Å²) in [6.07, 6.45) is 9.94. The Morgan fingerprint density at radius 1 is 1.23 bits per heavy atom. The Hall–Kier alpha value is -0.0400. The number of rotatable bonds is 3. The predicted octanol–water partition coefficient (Wildman–Crippen LogP) is 3.10. The van der Waals surface area contributed by atoms with Crippen molar-refractivity contribution >= 4 is 0 Å². The van der Waals surface area contributed by atoms with E-state index >= 15 is 0 Å². The highest BCUT2D eigenvalue weighted by molar-refractivity contribution is 5.04. The minimum Gasteiger partial charge on any atom is -0.308 e. The molecule has 2 rings (SSSR count). The summed E-state index contributed by atoms with van der Waals surface area (Å²) in [7, 11) is 0. The Balaban J connectivity index is 2.09. The molecule has 2 atom stereocenters. The zero-order valence-electron chi connectivity index (χ0n) is 9.10. The van der Waals surface area contributed by atoms with Crippen LogP contribution in [0.2, 0.25) is 0 Å². The average molecular weight is 181 g/mol. The standard InChI is InChI=1S/C12H23N/c1-3-10(4-2)12-8-5-6-11(13-12)7-9-12/h10-11,13H,3-9H2,1-2H3. The van der Waals surface area contributed by atoms with Crippen molar-refractivity contribution in [1.29, 1.82) is 0 Å². The molecular weight excluding hydrogens is 158 g/mol. The molecule has 2 aliphatic heterocycles. The Bertz CT molecular complexity index is 170. The monoisotopic (exact) mass is 181 g/mol. The Labute approximate surface area is 82.3 Å². The summed E-state index contributed by atoms with van der Waals surface area (Å²) in [6, 6.07) is 0.870. The van der Waals surface area contributed by atoms with Gasteiger partial charge in [0.25, 0.3) is 0 Å². The molecule has 2 saturated heterocycles. The van der Waals surface area contributed by atoms with Crippen LogP contribution in [0.4, 0.5) is 0 Å². The molecule has 0 aromatic carbocycles. The lowest BCUT2D eigenvalue weighted by Gasteiger charge is -2.41. The first-order chi connectivity index (χ1) is 6.30. The molecule has 1 heteroatoms. The van der Waals surface area contributed by atoms with Crippen molar-refractivity contribution in [3.05, 3.63) is 0 Å². The van der Waals surface area contributed by atoms with Crippen molar-refractivity contribution < 1.29 is 0 Å². The molecule has 2 unspecified atom stereocenters. The van der Waals surface area contributed by atoms with Crippen LogP contribution in [0.3, 0.4) is 0 Å². The molecule has 0 radical (unpaired) electrons. The van der Waals surface area contributed by atoms with E-state index in [1.54, 1.807) is 0 Å². The number of nitrogens with one attached hydrogen (secondary N) is 1. The molecule has 0 spiro atoms. The van der Waals surface area contributed by atoms with Crippen molar-refractivity contribution in [2.24, 2.45) is 5.92 Å². The van der Waals surface area contributed by atoms with Crippen LogP contribution in [0.25, 0.3) is 0 Å². The van der Waals surface area contributed by atoms with Gasteiger partial charge in [0.05, 0.1) is 0 Å². The van der Waals surface area contributed by atoms with Crippen LogP contribution in [0.5, 0.6) is 0 Å². The van der Waals surface area contributed by atoms with Gasteiger partial charge in [-0.2, -0.15) is 0 Å². The van der Waals surface area contributed by atoms with E-state index in [-0.39, 0.29) is 0 Å². The molecule has 0 amide bonds. The summed E-state index contributed by atoms with van der Waals surface area (Å²) < 4.78 is 0. The number of piperidine rings is 1. The van der Waals surface area contributed by atoms with Gasteiger partial charge in [0.1, 0.15) is 0 Å². The highest BCUT2D eigenvalue weighted by atomic mass is 15.1. The highest BCUT2D eigenvalue weighted by Gasteiger charge is 2.44. The average Bonchev–Trinajstić information content (AvgIpc) is 2.45. The number of fused-ring (bicyclic) bond motifs is 2. The summed E-state index contributed by atoms with van der Waals surface area (Å²) in [5.74, 6) is 0.929. The Morgan fingerprint density at radius 3 is 2.69 bits per heavy atom. The molecule has 0 aromatic heterocycles. The summed E-state index contributed by atoms with van der Waals surface area (Å²) in [6.45, 7) is 4.71. The third kappa shape index (κ3) is 1.52. The van der Waals surface area contributed by atoms with Gasteiger partial charge in [0.2, 0.25) is 0 Å². The summed E-state index contributed by atoms with van der Waals surface area (Å²) in [5.41, 5.74) is 0.562. The lowest BCUT2D eigenvalue weighted by molar-refractivity contribution is 0.171. The van der Waals surface area contributed by atoms with Crippen molar-refractivity contribution in [1.82, 2.24) is 5.32 Å². The fraction of sp³-hybridized carbons (Fsp3) is 1.00. The van der Waals surface area contributed by atoms with Gasteiger partial charge in [-0.25, -0.2) is 0 Å². The van der Waals surface area contributed by atoms with Crippen molar-refractivity contribution in [3.63, 3.8) is 0 Å². The maximum atomic E-state index is 3.91. The van der Waals surface area contributed by atoms with Gasteiger partial charge in [0.15, 0.2) is 0 Å². The molecular formula is C12H23N. The van der Waals surface area contributed by atoms with Crippen LogP contribution in [0.1, 0.15) is 58.8 Å². The zero-order chi connectivity index (χ0) is 9.31. The second-order valence-corrected chi connectivity index (χ2v) is 4.94. The molecule has 0 aliphatic carbocycles. The van der Waals surface area contributed by atoms with E-state index in [1.807, 2.05) is 0 Å². The van der Waals surface area contributed by atoms with E-state index in [0.717, 1.165) is 12.0 Å². The molecule has 2 fully saturated rings. The minimum absolute atomic E-state index is 0.562. The van der Waals surface area contributed by atoms with Crippen molar-refractivity contribution in [2.45, 2.75) is 70.4 Å². The van der Waals surface area contributed by atoms with Gasteiger partial charge in [0, 0.05) is 11.6 Å². The van der Waals surface area contributed by atoms with E-state index in [1.165, 1.54) is 44.9 Å². The molecule has 2 heterocycles. The number of hydrogen-bond donors (Lipinski definition) is 1. The second kappa shape index (κ2) is 3.61. The lowest BCUT2D eigenvalue weighted by atomic mass is 9.75. The normalized spacial score (nSPS) is 38.5. The Kier molecular flexibility index (Phi) is 2.64. The van der Waals surface area contributed by atoms with Gasteiger partial charge < -0.3 is 5.32 Å². The smallest absolute Gasteiger partial charge is 0.0212 e. The minimum atomic E-state index is 0.562.